The van der Waals surface area contributed by atoms with Crippen molar-refractivity contribution in [1.29, 1.82) is 0 Å². The van der Waals surface area contributed by atoms with Gasteiger partial charge in [0.05, 0.1) is 0 Å². The molecule has 1 saturated heterocycles. The number of carbonyl (C=O) groups is 1. The Morgan fingerprint density at radius 3 is 3.09 bits per heavy atom. The molecule has 0 aromatic heterocycles. The highest BCUT2D eigenvalue weighted by Crippen LogP contribution is 2.02. The lowest BCUT2D eigenvalue weighted by atomic mass is 10.3. The molecule has 4 nitrogen and oxygen atoms in total. The molecule has 0 aliphatic carbocycles. The van der Waals surface area contributed by atoms with E-state index in [1.165, 1.54) is 0 Å². The molecular formula is C7H14N2O2. The number of likely N-dealkylation sites (N-methyl/N-ethyl adjacent to an activating group) is 1. The first kappa shape index (κ1) is 8.49. The molecule has 0 bridgehead atoms. The zero-order valence-electron chi connectivity index (χ0n) is 6.75. The highest BCUT2D eigenvalue weighted by molar-refractivity contribution is 5.79. The molecule has 0 spiro atoms. The number of ether oxygens (including phenoxy) is 1. The average molecular weight is 158 g/mol. The molecule has 1 atom stereocenters. The van der Waals surface area contributed by atoms with E-state index in [9.17, 15) is 4.79 Å². The first-order chi connectivity index (χ1) is 5.20. The topological polar surface area (TPSA) is 55.6 Å². The minimum atomic E-state index is -0.414. The third-order valence-electron chi connectivity index (χ3n) is 1.80. The number of amides is 1. The maximum Gasteiger partial charge on any atom is 0.247 e. The summed E-state index contributed by atoms with van der Waals surface area (Å²) in [5, 5.41) is 0. The van der Waals surface area contributed by atoms with Gasteiger partial charge in [0, 0.05) is 19.7 Å². The molecule has 1 rings (SSSR count). The Kier molecular flexibility index (Phi) is 2.84. The Balaban J connectivity index is 2.45. The molecule has 0 aromatic carbocycles. The summed E-state index contributed by atoms with van der Waals surface area (Å²) in [4.78, 5) is 12.8. The standard InChI is InChI=1S/C7H14N2O2/c1-9-3-2-4-11-6(5-9)7(8)10/h6H,2-5H2,1H3,(H2,8,10)/t6-/m0/s1. The van der Waals surface area contributed by atoms with Crippen LogP contribution in [0.4, 0.5) is 0 Å². The summed E-state index contributed by atoms with van der Waals surface area (Å²) in [6.45, 7) is 2.23. The molecule has 0 saturated carbocycles. The van der Waals surface area contributed by atoms with E-state index in [0.29, 0.717) is 13.2 Å². The maximum atomic E-state index is 10.7. The van der Waals surface area contributed by atoms with E-state index in [2.05, 4.69) is 4.90 Å². The summed E-state index contributed by atoms with van der Waals surface area (Å²) in [6.07, 6.45) is 0.558. The number of hydrogen-bond donors (Lipinski definition) is 1. The Hall–Kier alpha value is -0.610. The molecule has 2 N–H and O–H groups in total. The molecular weight excluding hydrogens is 144 g/mol. The van der Waals surface area contributed by atoms with Crippen molar-refractivity contribution in [3.63, 3.8) is 0 Å². The molecule has 0 aromatic rings. The zero-order valence-corrected chi connectivity index (χ0v) is 6.75. The average Bonchev–Trinajstić information content (AvgIpc) is 2.13. The maximum absolute atomic E-state index is 10.7. The third-order valence-corrected chi connectivity index (χ3v) is 1.80. The lowest BCUT2D eigenvalue weighted by Crippen LogP contribution is -2.38. The van der Waals surface area contributed by atoms with Gasteiger partial charge in [0.1, 0.15) is 6.10 Å². The van der Waals surface area contributed by atoms with Crippen LogP contribution in [0, 0.1) is 0 Å². The first-order valence-electron chi connectivity index (χ1n) is 3.79. The summed E-state index contributed by atoms with van der Waals surface area (Å²) in [5.74, 6) is -0.362. The van der Waals surface area contributed by atoms with Gasteiger partial charge in [-0.25, -0.2) is 0 Å². The fraction of sp³-hybridized carbons (Fsp3) is 0.857. The number of carbonyl (C=O) groups excluding carboxylic acids is 1. The van der Waals surface area contributed by atoms with Crippen molar-refractivity contribution < 1.29 is 9.53 Å². The van der Waals surface area contributed by atoms with Crippen LogP contribution in [0.25, 0.3) is 0 Å². The van der Waals surface area contributed by atoms with Gasteiger partial charge in [0.15, 0.2) is 0 Å². The molecule has 64 valence electrons. The number of nitrogens with two attached hydrogens (primary N) is 1. The first-order valence-corrected chi connectivity index (χ1v) is 3.79. The summed E-state index contributed by atoms with van der Waals surface area (Å²) in [7, 11) is 1.96. The monoisotopic (exact) mass is 158 g/mol. The van der Waals surface area contributed by atoms with E-state index in [0.717, 1.165) is 13.0 Å². The lowest BCUT2D eigenvalue weighted by molar-refractivity contribution is -0.129. The molecule has 11 heavy (non-hydrogen) atoms. The summed E-state index contributed by atoms with van der Waals surface area (Å²) in [6, 6.07) is 0. The number of primary amides is 1. The van der Waals surface area contributed by atoms with Gasteiger partial charge in [0.25, 0.3) is 0 Å². The van der Waals surface area contributed by atoms with Crippen LogP contribution >= 0.6 is 0 Å². The van der Waals surface area contributed by atoms with Crippen molar-refractivity contribution >= 4 is 5.91 Å². The van der Waals surface area contributed by atoms with Crippen LogP contribution < -0.4 is 5.73 Å². The third kappa shape index (κ3) is 2.48. The van der Waals surface area contributed by atoms with Crippen molar-refractivity contribution in [2.24, 2.45) is 5.73 Å². The second-order valence-electron chi connectivity index (χ2n) is 2.88. The van der Waals surface area contributed by atoms with E-state index in [-0.39, 0.29) is 5.91 Å². The quantitative estimate of drug-likeness (QED) is 0.543. The summed E-state index contributed by atoms with van der Waals surface area (Å²) in [5.41, 5.74) is 5.11. The fourth-order valence-electron chi connectivity index (χ4n) is 1.16. The lowest BCUT2D eigenvalue weighted by Gasteiger charge is -2.16. The molecule has 1 amide bonds. The van der Waals surface area contributed by atoms with Gasteiger partial charge in [-0.05, 0) is 13.5 Å². The summed E-state index contributed by atoms with van der Waals surface area (Å²) >= 11 is 0. The van der Waals surface area contributed by atoms with Crippen LogP contribution in [-0.4, -0.2) is 43.7 Å². The van der Waals surface area contributed by atoms with Gasteiger partial charge < -0.3 is 15.4 Å². The van der Waals surface area contributed by atoms with Crippen LogP contribution in [0.2, 0.25) is 0 Å². The molecule has 1 heterocycles. The summed E-state index contributed by atoms with van der Waals surface area (Å²) < 4.78 is 5.22. The van der Waals surface area contributed by atoms with E-state index in [1.54, 1.807) is 0 Å². The van der Waals surface area contributed by atoms with Crippen LogP contribution in [0.15, 0.2) is 0 Å². The van der Waals surface area contributed by atoms with Crippen molar-refractivity contribution in [2.75, 3.05) is 26.7 Å². The van der Waals surface area contributed by atoms with E-state index >= 15 is 0 Å². The van der Waals surface area contributed by atoms with Crippen LogP contribution in [0.3, 0.4) is 0 Å². The van der Waals surface area contributed by atoms with Gasteiger partial charge in [-0.1, -0.05) is 0 Å². The normalized spacial score (nSPS) is 27.9. The Labute approximate surface area is 66.3 Å². The van der Waals surface area contributed by atoms with Gasteiger partial charge in [-0.3, -0.25) is 4.79 Å². The molecule has 4 heteroatoms. The fourth-order valence-corrected chi connectivity index (χ4v) is 1.16. The van der Waals surface area contributed by atoms with Crippen LogP contribution in [-0.2, 0) is 9.53 Å². The van der Waals surface area contributed by atoms with E-state index in [4.69, 9.17) is 10.5 Å². The SMILES string of the molecule is CN1CCCO[C@H](C(N)=O)C1. The Bertz CT molecular complexity index is 149. The van der Waals surface area contributed by atoms with E-state index < -0.39 is 6.10 Å². The largest absolute Gasteiger partial charge is 0.367 e. The predicted molar refractivity (Wildman–Crippen MR) is 41.0 cm³/mol. The van der Waals surface area contributed by atoms with Crippen LogP contribution in [0.1, 0.15) is 6.42 Å². The second kappa shape index (κ2) is 3.69. The van der Waals surface area contributed by atoms with Gasteiger partial charge in [-0.2, -0.15) is 0 Å². The highest BCUT2D eigenvalue weighted by Gasteiger charge is 2.20. The molecule has 1 aliphatic rings. The van der Waals surface area contributed by atoms with Gasteiger partial charge in [0.2, 0.25) is 5.91 Å². The molecule has 0 unspecified atom stereocenters. The second-order valence-corrected chi connectivity index (χ2v) is 2.88. The number of nitrogens with zero attached hydrogens (tertiary/aromatic N) is 1. The minimum absolute atomic E-state index is 0.362. The van der Waals surface area contributed by atoms with Crippen LogP contribution in [0.5, 0.6) is 0 Å². The Morgan fingerprint density at radius 1 is 1.73 bits per heavy atom. The number of hydrogen-bond acceptors (Lipinski definition) is 3. The van der Waals surface area contributed by atoms with Gasteiger partial charge in [-0.15, -0.1) is 0 Å². The highest BCUT2D eigenvalue weighted by atomic mass is 16.5. The zero-order chi connectivity index (χ0) is 8.27. The van der Waals surface area contributed by atoms with Crippen molar-refractivity contribution in [2.45, 2.75) is 12.5 Å². The minimum Gasteiger partial charge on any atom is -0.367 e. The molecule has 1 aliphatic heterocycles. The predicted octanol–water partition coefficient (Wildman–Crippen LogP) is -0.808. The molecule has 0 radical (unpaired) electrons. The molecule has 1 fully saturated rings. The van der Waals surface area contributed by atoms with Crippen molar-refractivity contribution in [3.8, 4) is 0 Å². The Morgan fingerprint density at radius 2 is 2.45 bits per heavy atom. The number of rotatable bonds is 1. The smallest absolute Gasteiger partial charge is 0.247 e. The van der Waals surface area contributed by atoms with E-state index in [1.807, 2.05) is 7.05 Å². The van der Waals surface area contributed by atoms with Crippen molar-refractivity contribution in [1.82, 2.24) is 4.90 Å². The van der Waals surface area contributed by atoms with Gasteiger partial charge >= 0.3 is 0 Å². The van der Waals surface area contributed by atoms with Crippen molar-refractivity contribution in [3.05, 3.63) is 0 Å².